The van der Waals surface area contributed by atoms with Gasteiger partial charge in [0.05, 0.1) is 5.56 Å². The number of hydrogen-bond donors (Lipinski definition) is 1. The zero-order valence-corrected chi connectivity index (χ0v) is 23.4. The number of rotatable bonds is 10. The van der Waals surface area contributed by atoms with Crippen LogP contribution in [0.5, 0.6) is 17.2 Å². The number of carboxylic acid groups (broad SMARTS) is 1. The number of carbonyl (C=O) groups excluding carboxylic acids is 1. The fourth-order valence-electron chi connectivity index (χ4n) is 4.41. The Morgan fingerprint density at radius 2 is 1.32 bits per heavy atom. The predicted octanol–water partition coefficient (Wildman–Crippen LogP) is 8.93. The highest BCUT2D eigenvalue weighted by atomic mass is 19.3. The lowest BCUT2D eigenvalue weighted by Crippen LogP contribution is -2.18. The molecule has 0 unspecified atom stereocenters. The highest BCUT2D eigenvalue weighted by Gasteiger charge is 2.23. The fraction of sp³-hybridized carbons (Fsp3) is 0.235. The molecule has 0 aliphatic heterocycles. The Labute approximate surface area is 238 Å². The number of halogens is 2. The van der Waals surface area contributed by atoms with Crippen molar-refractivity contribution in [1.29, 1.82) is 0 Å². The topological polar surface area (TPSA) is 72.8 Å². The summed E-state index contributed by atoms with van der Waals surface area (Å²) in [4.78, 5) is 23.3. The number of aryl methyl sites for hydroxylation is 1. The predicted molar refractivity (Wildman–Crippen MR) is 155 cm³/mol. The number of hydrogen-bond acceptors (Lipinski definition) is 4. The molecular formula is C34H32F2O5. The van der Waals surface area contributed by atoms with Gasteiger partial charge in [0.15, 0.2) is 6.29 Å². The van der Waals surface area contributed by atoms with Gasteiger partial charge in [-0.25, -0.2) is 0 Å². The molecule has 0 aliphatic rings. The van der Waals surface area contributed by atoms with E-state index in [9.17, 15) is 23.5 Å². The number of carboxylic acids is 1. The van der Waals surface area contributed by atoms with E-state index in [1.807, 2.05) is 24.3 Å². The molecule has 41 heavy (non-hydrogen) atoms. The molecule has 1 N–H and O–H groups in total. The van der Waals surface area contributed by atoms with Gasteiger partial charge < -0.3 is 14.6 Å². The average Bonchev–Trinajstić information content (AvgIpc) is 2.92. The normalized spacial score (nSPS) is 11.7. The van der Waals surface area contributed by atoms with Crippen molar-refractivity contribution in [3.63, 3.8) is 0 Å². The van der Waals surface area contributed by atoms with Crippen molar-refractivity contribution in [2.45, 2.75) is 52.1 Å². The third kappa shape index (κ3) is 7.78. The van der Waals surface area contributed by atoms with Gasteiger partial charge in [-0.3, -0.25) is 9.59 Å². The lowest BCUT2D eigenvalue weighted by Gasteiger charge is -2.19. The van der Waals surface area contributed by atoms with Crippen LogP contribution in [0.25, 0.3) is 22.3 Å². The molecule has 0 saturated carbocycles. The number of aldehydes is 1. The Morgan fingerprint density at radius 1 is 0.780 bits per heavy atom. The molecule has 212 valence electrons. The standard InChI is InChI=1S/C34H32F2O5/c1-33(2,3)28-12-5-22(6-13-28)24-9-16-30(26(19-24)11-18-32(38)39)40-31-17-10-25(20-27(31)21-37)23-7-14-29(15-8-23)41-34(4,35)36/h5-10,12-17,19-21H,11,18H2,1-4H3,(H,38,39). The SMILES string of the molecule is CC(F)(F)Oc1ccc(-c2ccc(Oc3ccc(-c4ccc(C(C)(C)C)cc4)cc3CCC(=O)O)c(C=O)c2)cc1. The van der Waals surface area contributed by atoms with E-state index in [1.165, 1.54) is 17.7 Å². The Kier molecular flexibility index (Phi) is 8.57. The fourth-order valence-corrected chi connectivity index (χ4v) is 4.41. The van der Waals surface area contributed by atoms with Crippen LogP contribution in [-0.4, -0.2) is 23.5 Å². The molecule has 5 nitrogen and oxygen atoms in total. The van der Waals surface area contributed by atoms with E-state index in [0.29, 0.717) is 41.4 Å². The molecule has 0 aliphatic carbocycles. The summed E-state index contributed by atoms with van der Waals surface area (Å²) in [7, 11) is 0. The highest BCUT2D eigenvalue weighted by molar-refractivity contribution is 5.83. The number of alkyl halides is 2. The molecule has 0 saturated heterocycles. The Balaban J connectivity index is 1.62. The van der Waals surface area contributed by atoms with Gasteiger partial charge in [-0.15, -0.1) is 0 Å². The second kappa shape index (κ2) is 11.9. The van der Waals surface area contributed by atoms with Crippen molar-refractivity contribution in [3.05, 3.63) is 102 Å². The second-order valence-electron chi connectivity index (χ2n) is 11.0. The summed E-state index contributed by atoms with van der Waals surface area (Å²) >= 11 is 0. The van der Waals surface area contributed by atoms with Crippen molar-refractivity contribution in [2.24, 2.45) is 0 Å². The van der Waals surface area contributed by atoms with Gasteiger partial charge in [0.2, 0.25) is 0 Å². The van der Waals surface area contributed by atoms with E-state index in [-0.39, 0.29) is 29.6 Å². The lowest BCUT2D eigenvalue weighted by molar-refractivity contribution is -0.159. The molecule has 0 amide bonds. The quantitative estimate of drug-likeness (QED) is 0.197. The van der Waals surface area contributed by atoms with E-state index in [0.717, 1.165) is 11.1 Å². The largest absolute Gasteiger partial charge is 0.481 e. The van der Waals surface area contributed by atoms with Gasteiger partial charge in [-0.1, -0.05) is 69.3 Å². The molecule has 0 atom stereocenters. The Hall–Kier alpha value is -4.52. The minimum Gasteiger partial charge on any atom is -0.481 e. The first-order valence-corrected chi connectivity index (χ1v) is 13.2. The molecule has 0 heterocycles. The van der Waals surface area contributed by atoms with Crippen LogP contribution in [-0.2, 0) is 16.6 Å². The summed E-state index contributed by atoms with van der Waals surface area (Å²) in [6.07, 6.45) is -2.44. The van der Waals surface area contributed by atoms with Crippen LogP contribution < -0.4 is 9.47 Å². The molecule has 0 bridgehead atoms. The van der Waals surface area contributed by atoms with E-state index in [1.54, 1.807) is 36.4 Å². The zero-order valence-electron chi connectivity index (χ0n) is 23.4. The van der Waals surface area contributed by atoms with Crippen LogP contribution in [0, 0.1) is 0 Å². The van der Waals surface area contributed by atoms with Gasteiger partial charge in [-0.05, 0) is 81.6 Å². The molecular weight excluding hydrogens is 526 g/mol. The smallest absolute Gasteiger partial charge is 0.394 e. The molecule has 0 radical (unpaired) electrons. The number of aliphatic carboxylic acids is 1. The summed E-state index contributed by atoms with van der Waals surface area (Å²) in [5.41, 5.74) is 5.55. The molecule has 4 rings (SSSR count). The van der Waals surface area contributed by atoms with Crippen molar-refractivity contribution in [3.8, 4) is 39.5 Å². The second-order valence-corrected chi connectivity index (χ2v) is 11.0. The van der Waals surface area contributed by atoms with Gasteiger partial charge in [-0.2, -0.15) is 8.78 Å². The Bertz CT molecular complexity index is 1530. The summed E-state index contributed by atoms with van der Waals surface area (Å²) in [5.74, 6) is -0.125. The van der Waals surface area contributed by atoms with Crippen LogP contribution in [0.2, 0.25) is 0 Å². The van der Waals surface area contributed by atoms with Crippen LogP contribution >= 0.6 is 0 Å². The summed E-state index contributed by atoms with van der Waals surface area (Å²) in [5, 5.41) is 9.31. The van der Waals surface area contributed by atoms with E-state index < -0.39 is 12.1 Å². The number of carbonyl (C=O) groups is 2. The van der Waals surface area contributed by atoms with E-state index in [4.69, 9.17) is 4.74 Å². The van der Waals surface area contributed by atoms with Crippen LogP contribution in [0.3, 0.4) is 0 Å². The maximum Gasteiger partial charge on any atom is 0.394 e. The molecule has 4 aromatic carbocycles. The van der Waals surface area contributed by atoms with Crippen molar-refractivity contribution in [2.75, 3.05) is 0 Å². The minimum atomic E-state index is -3.29. The molecule has 0 aromatic heterocycles. The first-order chi connectivity index (χ1) is 19.3. The lowest BCUT2D eigenvalue weighted by atomic mass is 9.86. The summed E-state index contributed by atoms with van der Waals surface area (Å²) in [6.45, 7) is 7.13. The first kappa shape index (κ1) is 29.5. The molecule has 0 fully saturated rings. The number of benzene rings is 4. The monoisotopic (exact) mass is 558 g/mol. The van der Waals surface area contributed by atoms with Crippen molar-refractivity contribution in [1.82, 2.24) is 0 Å². The van der Waals surface area contributed by atoms with Crippen molar-refractivity contribution < 1.29 is 33.0 Å². The van der Waals surface area contributed by atoms with Gasteiger partial charge >= 0.3 is 12.1 Å². The average molecular weight is 559 g/mol. The maximum atomic E-state index is 13.1. The van der Waals surface area contributed by atoms with E-state index >= 15 is 0 Å². The summed E-state index contributed by atoms with van der Waals surface area (Å²) in [6, 6.07) is 25.1. The highest BCUT2D eigenvalue weighted by Crippen LogP contribution is 2.35. The van der Waals surface area contributed by atoms with Crippen LogP contribution in [0.1, 0.15) is 55.6 Å². The molecule has 0 spiro atoms. The molecule has 4 aromatic rings. The first-order valence-electron chi connectivity index (χ1n) is 13.2. The third-order valence-electron chi connectivity index (χ3n) is 6.59. The maximum absolute atomic E-state index is 13.1. The molecule has 7 heteroatoms. The van der Waals surface area contributed by atoms with Gasteiger partial charge in [0.1, 0.15) is 17.2 Å². The minimum absolute atomic E-state index is 0.0271. The van der Waals surface area contributed by atoms with E-state index in [2.05, 4.69) is 37.6 Å². The van der Waals surface area contributed by atoms with Gasteiger partial charge in [0, 0.05) is 13.3 Å². The zero-order chi connectivity index (χ0) is 29.8. The summed E-state index contributed by atoms with van der Waals surface area (Å²) < 4.78 is 37.0. The van der Waals surface area contributed by atoms with Crippen LogP contribution in [0.4, 0.5) is 8.78 Å². The van der Waals surface area contributed by atoms with Crippen molar-refractivity contribution >= 4 is 12.3 Å². The van der Waals surface area contributed by atoms with Crippen LogP contribution in [0.15, 0.2) is 84.9 Å². The third-order valence-corrected chi connectivity index (χ3v) is 6.59. The number of ether oxygens (including phenoxy) is 2. The Morgan fingerprint density at radius 3 is 1.85 bits per heavy atom. The van der Waals surface area contributed by atoms with Gasteiger partial charge in [0.25, 0.3) is 0 Å².